The van der Waals surface area contributed by atoms with Gasteiger partial charge in [-0.3, -0.25) is 0 Å². The van der Waals surface area contributed by atoms with E-state index in [1.54, 1.807) is 0 Å². The molecule has 0 N–H and O–H groups in total. The van der Waals surface area contributed by atoms with Gasteiger partial charge in [-0.15, -0.1) is 0 Å². The maximum atomic E-state index is 5.56. The molecule has 1 heterocycles. The summed E-state index contributed by atoms with van der Waals surface area (Å²) in [6.07, 6.45) is 8.95. The van der Waals surface area contributed by atoms with Gasteiger partial charge in [0.05, 0.1) is 6.61 Å². The highest BCUT2D eigenvalue weighted by Crippen LogP contribution is 2.28. The average molecular weight is 333 g/mol. The lowest BCUT2D eigenvalue weighted by Crippen LogP contribution is -2.17. The number of benzene rings is 2. The first-order chi connectivity index (χ1) is 12.3. The number of anilines is 1. The lowest BCUT2D eigenvalue weighted by Gasteiger charge is -2.18. The van der Waals surface area contributed by atoms with Crippen LogP contribution in [0.25, 0.3) is 5.57 Å². The SMILES string of the molecule is C/C=C/C=C(/c1ccc(OCC)cc1)c1ccc(N2CCCC2)cc1. The van der Waals surface area contributed by atoms with E-state index < -0.39 is 0 Å². The van der Waals surface area contributed by atoms with Crippen molar-refractivity contribution in [2.45, 2.75) is 26.7 Å². The van der Waals surface area contributed by atoms with Gasteiger partial charge in [0.25, 0.3) is 0 Å². The van der Waals surface area contributed by atoms with Crippen molar-refractivity contribution in [1.82, 2.24) is 0 Å². The molecular weight excluding hydrogens is 306 g/mol. The molecule has 0 unspecified atom stereocenters. The minimum absolute atomic E-state index is 0.693. The number of hydrogen-bond donors (Lipinski definition) is 0. The van der Waals surface area contributed by atoms with Crippen molar-refractivity contribution in [2.24, 2.45) is 0 Å². The fourth-order valence-corrected chi connectivity index (χ4v) is 3.28. The Morgan fingerprint density at radius 1 is 0.960 bits per heavy atom. The van der Waals surface area contributed by atoms with E-state index in [-0.39, 0.29) is 0 Å². The van der Waals surface area contributed by atoms with E-state index in [1.807, 2.05) is 26.0 Å². The summed E-state index contributed by atoms with van der Waals surface area (Å²) >= 11 is 0. The van der Waals surface area contributed by atoms with Gasteiger partial charge in [0.2, 0.25) is 0 Å². The van der Waals surface area contributed by atoms with Crippen LogP contribution in [0.2, 0.25) is 0 Å². The molecule has 0 saturated carbocycles. The van der Waals surface area contributed by atoms with Gasteiger partial charge < -0.3 is 9.64 Å². The second-order valence-corrected chi connectivity index (χ2v) is 6.30. The molecule has 1 aliphatic heterocycles. The van der Waals surface area contributed by atoms with Gasteiger partial charge in [0.15, 0.2) is 0 Å². The predicted octanol–water partition coefficient (Wildman–Crippen LogP) is 5.69. The first-order valence-corrected chi connectivity index (χ1v) is 9.23. The van der Waals surface area contributed by atoms with E-state index in [9.17, 15) is 0 Å². The van der Waals surface area contributed by atoms with Crippen molar-refractivity contribution < 1.29 is 4.74 Å². The minimum Gasteiger partial charge on any atom is -0.494 e. The molecule has 0 atom stereocenters. The van der Waals surface area contributed by atoms with Crippen molar-refractivity contribution in [3.8, 4) is 5.75 Å². The predicted molar refractivity (Wildman–Crippen MR) is 107 cm³/mol. The van der Waals surface area contributed by atoms with Crippen LogP contribution in [-0.4, -0.2) is 19.7 Å². The van der Waals surface area contributed by atoms with E-state index in [0.717, 1.165) is 5.75 Å². The zero-order valence-corrected chi connectivity index (χ0v) is 15.2. The normalized spacial score (nSPS) is 15.1. The van der Waals surface area contributed by atoms with Crippen LogP contribution in [0.15, 0.2) is 66.8 Å². The smallest absolute Gasteiger partial charge is 0.119 e. The summed E-state index contributed by atoms with van der Waals surface area (Å²) in [5.41, 5.74) is 5.01. The molecule has 2 nitrogen and oxygen atoms in total. The van der Waals surface area contributed by atoms with Crippen LogP contribution in [0.5, 0.6) is 5.75 Å². The fraction of sp³-hybridized carbons (Fsp3) is 0.304. The van der Waals surface area contributed by atoms with E-state index in [0.29, 0.717) is 6.61 Å². The van der Waals surface area contributed by atoms with E-state index in [4.69, 9.17) is 4.74 Å². The van der Waals surface area contributed by atoms with Gasteiger partial charge in [-0.05, 0) is 67.7 Å². The van der Waals surface area contributed by atoms with Gasteiger partial charge in [0.1, 0.15) is 5.75 Å². The van der Waals surface area contributed by atoms with Crippen LogP contribution < -0.4 is 9.64 Å². The number of ether oxygens (including phenoxy) is 1. The Balaban J connectivity index is 1.87. The third-order valence-corrected chi connectivity index (χ3v) is 4.58. The Hall–Kier alpha value is -2.48. The van der Waals surface area contributed by atoms with Gasteiger partial charge in [-0.1, -0.05) is 42.5 Å². The molecule has 0 spiro atoms. The third kappa shape index (κ3) is 4.33. The molecule has 0 bridgehead atoms. The van der Waals surface area contributed by atoms with Crippen LogP contribution in [0.1, 0.15) is 37.8 Å². The Kier molecular flexibility index (Phi) is 5.95. The molecule has 2 aromatic rings. The topological polar surface area (TPSA) is 12.5 Å². The van der Waals surface area contributed by atoms with Crippen LogP contribution in [0, 0.1) is 0 Å². The first-order valence-electron chi connectivity index (χ1n) is 9.23. The monoisotopic (exact) mass is 333 g/mol. The van der Waals surface area contributed by atoms with Crippen molar-refractivity contribution in [3.05, 3.63) is 77.9 Å². The third-order valence-electron chi connectivity index (χ3n) is 4.58. The molecule has 3 rings (SSSR count). The summed E-state index contributed by atoms with van der Waals surface area (Å²) in [6.45, 7) is 7.10. The number of nitrogens with zero attached hydrogens (tertiary/aromatic N) is 1. The number of rotatable bonds is 6. The Bertz CT molecular complexity index is 720. The first kappa shape index (κ1) is 17.3. The summed E-state index contributed by atoms with van der Waals surface area (Å²) in [6, 6.07) is 17.3. The van der Waals surface area contributed by atoms with Crippen molar-refractivity contribution >= 4 is 11.3 Å². The summed E-state index contributed by atoms with van der Waals surface area (Å²) in [5, 5.41) is 0. The molecule has 0 aromatic heterocycles. The van der Waals surface area contributed by atoms with Crippen molar-refractivity contribution in [1.29, 1.82) is 0 Å². The highest BCUT2D eigenvalue weighted by molar-refractivity contribution is 5.81. The van der Waals surface area contributed by atoms with Gasteiger partial charge in [0, 0.05) is 18.8 Å². The van der Waals surface area contributed by atoms with Crippen LogP contribution in [0.4, 0.5) is 5.69 Å². The number of hydrogen-bond acceptors (Lipinski definition) is 2. The van der Waals surface area contributed by atoms with Crippen molar-refractivity contribution in [2.75, 3.05) is 24.6 Å². The lowest BCUT2D eigenvalue weighted by atomic mass is 9.97. The van der Waals surface area contributed by atoms with Crippen LogP contribution >= 0.6 is 0 Å². The highest BCUT2D eigenvalue weighted by Gasteiger charge is 2.12. The Labute approximate surface area is 151 Å². The summed E-state index contributed by atoms with van der Waals surface area (Å²) in [5.74, 6) is 0.918. The second-order valence-electron chi connectivity index (χ2n) is 6.30. The number of allylic oxidation sites excluding steroid dienone is 3. The Morgan fingerprint density at radius 3 is 2.12 bits per heavy atom. The average Bonchev–Trinajstić information content (AvgIpc) is 3.19. The molecule has 0 amide bonds. The van der Waals surface area contributed by atoms with E-state index in [2.05, 4.69) is 59.5 Å². The largest absolute Gasteiger partial charge is 0.494 e. The molecule has 0 aliphatic carbocycles. The lowest BCUT2D eigenvalue weighted by molar-refractivity contribution is 0.340. The maximum Gasteiger partial charge on any atom is 0.119 e. The zero-order valence-electron chi connectivity index (χ0n) is 15.2. The van der Waals surface area contributed by atoms with Crippen LogP contribution in [-0.2, 0) is 0 Å². The molecule has 130 valence electrons. The maximum absolute atomic E-state index is 5.56. The molecule has 1 aliphatic rings. The molecule has 2 heteroatoms. The Morgan fingerprint density at radius 2 is 1.56 bits per heavy atom. The molecule has 1 saturated heterocycles. The van der Waals surface area contributed by atoms with Crippen molar-refractivity contribution in [3.63, 3.8) is 0 Å². The standard InChI is InChI=1S/C23H27NO/c1-3-5-8-23(20-11-15-22(16-12-20)25-4-2)19-9-13-21(14-10-19)24-17-6-7-18-24/h3,5,8-16H,4,6-7,17-18H2,1-2H3/b5-3+,23-8+. The molecule has 0 radical (unpaired) electrons. The van der Waals surface area contributed by atoms with Gasteiger partial charge in [-0.2, -0.15) is 0 Å². The van der Waals surface area contributed by atoms with E-state index in [1.165, 1.54) is 48.3 Å². The minimum atomic E-state index is 0.693. The van der Waals surface area contributed by atoms with Crippen LogP contribution in [0.3, 0.4) is 0 Å². The van der Waals surface area contributed by atoms with E-state index >= 15 is 0 Å². The summed E-state index contributed by atoms with van der Waals surface area (Å²) in [4.78, 5) is 2.47. The summed E-state index contributed by atoms with van der Waals surface area (Å²) < 4.78 is 5.56. The second kappa shape index (κ2) is 8.57. The van der Waals surface area contributed by atoms with Gasteiger partial charge >= 0.3 is 0 Å². The molecule has 25 heavy (non-hydrogen) atoms. The molecular formula is C23H27NO. The van der Waals surface area contributed by atoms with Gasteiger partial charge in [-0.25, -0.2) is 0 Å². The molecule has 2 aromatic carbocycles. The fourth-order valence-electron chi connectivity index (χ4n) is 3.28. The quantitative estimate of drug-likeness (QED) is 0.629. The molecule has 1 fully saturated rings. The highest BCUT2D eigenvalue weighted by atomic mass is 16.5. The summed E-state index contributed by atoms with van der Waals surface area (Å²) in [7, 11) is 0. The zero-order chi connectivity index (χ0) is 17.5.